The third-order valence-electron chi connectivity index (χ3n) is 13.8. The normalized spacial score (nSPS) is 17.2. The summed E-state index contributed by atoms with van der Waals surface area (Å²) in [5.41, 5.74) is -0.169. The van der Waals surface area contributed by atoms with E-state index in [0.717, 1.165) is 12.1 Å². The first-order valence-corrected chi connectivity index (χ1v) is 32.5. The van der Waals surface area contributed by atoms with Crippen LogP contribution in [0.25, 0.3) is 21.5 Å². The highest BCUT2D eigenvalue weighted by atomic mass is 32.2. The van der Waals surface area contributed by atoms with Crippen LogP contribution in [-0.2, 0) is 89.9 Å². The van der Waals surface area contributed by atoms with Crippen LogP contribution < -0.4 is 4.90 Å². The number of ether oxygens (including phenoxy) is 5. The highest BCUT2D eigenvalue weighted by Crippen LogP contribution is 2.54. The van der Waals surface area contributed by atoms with Crippen molar-refractivity contribution in [2.75, 3.05) is 90.3 Å². The van der Waals surface area contributed by atoms with Gasteiger partial charge in [-0.3, -0.25) is 4.79 Å². The third-order valence-corrected chi connectivity index (χ3v) is 18.0. The van der Waals surface area contributed by atoms with E-state index in [1.165, 1.54) is 18.2 Å². The number of aliphatic carboxylic acids is 1. The molecule has 0 aliphatic carbocycles. The van der Waals surface area contributed by atoms with Crippen LogP contribution in [0.1, 0.15) is 77.8 Å². The lowest BCUT2D eigenvalue weighted by molar-refractivity contribution is -0.438. The molecule has 0 saturated heterocycles. The highest BCUT2D eigenvalue weighted by Gasteiger charge is 2.47. The van der Waals surface area contributed by atoms with E-state index in [9.17, 15) is 74.8 Å². The van der Waals surface area contributed by atoms with Gasteiger partial charge >= 0.3 is 5.97 Å². The Morgan fingerprint density at radius 2 is 1.12 bits per heavy atom. The van der Waals surface area contributed by atoms with Gasteiger partial charge in [0, 0.05) is 72.1 Å². The zero-order valence-corrected chi connectivity index (χ0v) is 48.8. The smallest absolute Gasteiger partial charge is 0.303 e. The molecule has 0 spiro atoms. The zero-order chi connectivity index (χ0) is 59.8. The molecule has 1 atom stereocenters. The van der Waals surface area contributed by atoms with E-state index in [0.29, 0.717) is 86.2 Å². The lowest BCUT2D eigenvalue weighted by Crippen LogP contribution is -2.31. The summed E-state index contributed by atoms with van der Waals surface area (Å²) in [4.78, 5) is 9.18. The standard InChI is InChI=1S/C52H66N2O22S5.CH4/c1-51(2)46(53(20-10-6-9-14-48(55)56)42-17-15-38-40(49(42)51)32-36(78(60,61)62)34-44(38)80(66,67)68)12-7-5-8-13-47-52(3,19-11-31-77(57,58)59)50-41-33-37(79(63,64)65)35-45(81(69,70)71)39(41)16-18-43(50)54(47)21-22-73-25-26-75-29-30-76-28-27-74-24-23-72-4;/h5,7-8,12-13,15-18,32-35H,6,9-11,14,19-31H2,1-4H3,(H5-,55,56,57,58,59,60,61,62,63,64,65,66,67,68,69,70,71);1H4/p-4. The molecule has 4 aromatic carbocycles. The SMILES string of the molecule is C.COCCOCCOCCOCCOCCN1C(=CC=CC=CC2=[N+](CCCCCC(=O)O)c3ccc4c(S(=O)(=O)[O-])cc(S(=O)(=O)[O-])cc4c3C2(C)C)C(C)(CCCS(=O)(=O)[O-])c2c1ccc1c(S(=O)(=O)[O-])cc(S(=O)(=O)[O-])cc21. The van der Waals surface area contributed by atoms with Gasteiger partial charge in [0.05, 0.1) is 94.6 Å². The molecule has 6 rings (SSSR count). The summed E-state index contributed by atoms with van der Waals surface area (Å²) in [7, 11) is -24.7. The number of methoxy groups -OCH3 is 1. The zero-order valence-electron chi connectivity index (χ0n) is 44.7. The molecule has 82 heavy (non-hydrogen) atoms. The fourth-order valence-corrected chi connectivity index (χ4v) is 13.5. The number of carboxylic acids is 1. The lowest BCUT2D eigenvalue weighted by Gasteiger charge is -2.31. The summed E-state index contributed by atoms with van der Waals surface area (Å²) in [6.07, 6.45) is 8.96. The molecule has 2 heterocycles. The molecule has 0 fully saturated rings. The first-order chi connectivity index (χ1) is 37.8. The molecule has 29 heteroatoms. The Bertz CT molecular complexity index is 3730. The Morgan fingerprint density at radius 3 is 1.62 bits per heavy atom. The van der Waals surface area contributed by atoms with E-state index in [4.69, 9.17) is 23.7 Å². The van der Waals surface area contributed by atoms with Crippen molar-refractivity contribution in [3.8, 4) is 0 Å². The first-order valence-electron chi connectivity index (χ1n) is 25.3. The minimum Gasteiger partial charge on any atom is -0.748 e. The number of allylic oxidation sites excluding steroid dienone is 6. The largest absolute Gasteiger partial charge is 0.748 e. The van der Waals surface area contributed by atoms with Crippen molar-refractivity contribution in [3.63, 3.8) is 0 Å². The van der Waals surface area contributed by atoms with Crippen LogP contribution in [-0.4, -0.2) is 172 Å². The number of carbonyl (C=O) groups is 1. The van der Waals surface area contributed by atoms with Crippen molar-refractivity contribution in [1.82, 2.24) is 0 Å². The van der Waals surface area contributed by atoms with Crippen molar-refractivity contribution in [2.24, 2.45) is 0 Å². The number of unbranched alkanes of at least 4 members (excludes halogenated alkanes) is 2. The quantitative estimate of drug-likeness (QED) is 0.0288. The molecular weight excluding hydrogens is 1180 g/mol. The van der Waals surface area contributed by atoms with Crippen molar-refractivity contribution >= 4 is 95.2 Å². The Hall–Kier alpha value is -5.09. The summed E-state index contributed by atoms with van der Waals surface area (Å²) in [6.45, 7) is 7.91. The van der Waals surface area contributed by atoms with Crippen LogP contribution in [0.3, 0.4) is 0 Å². The highest BCUT2D eigenvalue weighted by molar-refractivity contribution is 7.87. The van der Waals surface area contributed by atoms with Gasteiger partial charge in [-0.25, -0.2) is 42.1 Å². The number of fused-ring (bicyclic) bond motifs is 6. The molecular formula is C53H66N2O22S5-4. The summed E-state index contributed by atoms with van der Waals surface area (Å²) < 4.78 is 216. The molecule has 2 aliphatic rings. The van der Waals surface area contributed by atoms with Gasteiger partial charge in [0.2, 0.25) is 5.69 Å². The number of benzene rings is 4. The topological polar surface area (TPSA) is 376 Å². The molecule has 4 aromatic rings. The number of carboxylic acid groups (broad SMARTS) is 1. The Morgan fingerprint density at radius 1 is 0.610 bits per heavy atom. The number of anilines is 1. The first kappa shape index (κ1) is 67.7. The number of hydrogen-bond acceptors (Lipinski definition) is 22. The van der Waals surface area contributed by atoms with Gasteiger partial charge in [0.25, 0.3) is 0 Å². The molecule has 0 radical (unpaired) electrons. The van der Waals surface area contributed by atoms with Crippen LogP contribution in [0.5, 0.6) is 0 Å². The van der Waals surface area contributed by atoms with Crippen molar-refractivity contribution in [2.45, 2.75) is 97.1 Å². The van der Waals surface area contributed by atoms with Gasteiger partial charge in [-0.05, 0) is 111 Å². The maximum Gasteiger partial charge on any atom is 0.303 e. The van der Waals surface area contributed by atoms with E-state index >= 15 is 0 Å². The second-order valence-electron chi connectivity index (χ2n) is 19.7. The van der Waals surface area contributed by atoms with E-state index in [1.54, 1.807) is 69.2 Å². The van der Waals surface area contributed by atoms with Gasteiger partial charge in [0.1, 0.15) is 47.0 Å². The van der Waals surface area contributed by atoms with Crippen molar-refractivity contribution in [3.05, 3.63) is 95.7 Å². The Kier molecular flexibility index (Phi) is 22.9. The minimum atomic E-state index is -5.43. The number of rotatable bonds is 32. The van der Waals surface area contributed by atoms with E-state index in [1.807, 2.05) is 4.58 Å². The van der Waals surface area contributed by atoms with Gasteiger partial charge in [0.15, 0.2) is 5.71 Å². The lowest BCUT2D eigenvalue weighted by atomic mass is 9.75. The Labute approximate surface area is 478 Å². The van der Waals surface area contributed by atoms with Crippen molar-refractivity contribution in [1.29, 1.82) is 0 Å². The second-order valence-corrected chi connectivity index (χ2v) is 26.7. The molecule has 1 unspecified atom stereocenters. The fraction of sp³-hybridized carbons (Fsp3) is 0.472. The minimum absolute atomic E-state index is 0. The average molecular weight is 1240 g/mol. The average Bonchev–Trinajstić information content (AvgIpc) is 3.14. The molecule has 0 amide bonds. The molecule has 454 valence electrons. The van der Waals surface area contributed by atoms with E-state index in [2.05, 4.69) is 0 Å². The van der Waals surface area contributed by atoms with Crippen LogP contribution in [0.2, 0.25) is 0 Å². The van der Waals surface area contributed by atoms with Gasteiger partial charge < -0.3 is 56.5 Å². The van der Waals surface area contributed by atoms with Crippen LogP contribution in [0.15, 0.2) is 104 Å². The fourth-order valence-electron chi connectivity index (χ4n) is 10.3. The molecule has 1 N–H and O–H groups in total. The summed E-state index contributed by atoms with van der Waals surface area (Å²) in [5.74, 6) is -1.82. The Balaban J connectivity index is 0.0000123. The third kappa shape index (κ3) is 16.6. The molecule has 24 nitrogen and oxygen atoms in total. The monoisotopic (exact) mass is 1240 g/mol. The number of hydrogen-bond donors (Lipinski definition) is 1. The van der Waals surface area contributed by atoms with Crippen LogP contribution >= 0.6 is 0 Å². The number of nitrogens with zero attached hydrogens (tertiary/aromatic N) is 2. The van der Waals surface area contributed by atoms with Crippen molar-refractivity contribution < 1.29 is 103 Å². The second kappa shape index (κ2) is 27.7. The van der Waals surface area contributed by atoms with Gasteiger partial charge in [-0.15, -0.1) is 0 Å². The summed E-state index contributed by atoms with van der Waals surface area (Å²) in [6, 6.07) is 8.65. The van der Waals surface area contributed by atoms with Crippen LogP contribution in [0.4, 0.5) is 11.4 Å². The molecule has 0 saturated carbocycles. The van der Waals surface area contributed by atoms with Crippen LogP contribution in [0, 0.1) is 0 Å². The van der Waals surface area contributed by atoms with E-state index in [-0.39, 0.29) is 99.9 Å². The molecule has 0 bridgehead atoms. The molecule has 2 aliphatic heterocycles. The van der Waals surface area contributed by atoms with Gasteiger partial charge in [-0.2, -0.15) is 4.58 Å². The molecule has 0 aromatic heterocycles. The summed E-state index contributed by atoms with van der Waals surface area (Å²) in [5, 5.41) is 8.77. The predicted octanol–water partition coefficient (Wildman–Crippen LogP) is 5.08. The maximum absolute atomic E-state index is 12.7. The predicted molar refractivity (Wildman–Crippen MR) is 295 cm³/mol. The van der Waals surface area contributed by atoms with Gasteiger partial charge in [-0.1, -0.05) is 31.7 Å². The van der Waals surface area contributed by atoms with E-state index < -0.39 is 92.7 Å². The maximum atomic E-state index is 12.7. The summed E-state index contributed by atoms with van der Waals surface area (Å²) >= 11 is 0.